The minimum Gasteiger partial charge on any atom is -0.388 e. The summed E-state index contributed by atoms with van der Waals surface area (Å²) in [5.41, 5.74) is 2.56. The summed E-state index contributed by atoms with van der Waals surface area (Å²) in [7, 11) is -3.71. The SMILES string of the molecule is Cc1ccc(S(=O)(=O)N[C@@H](C[C@@H](O)c2ccccc2)c2ccccc2)cc1. The zero-order valence-electron chi connectivity index (χ0n) is 15.1. The van der Waals surface area contributed by atoms with Crippen LogP contribution in [0.1, 0.15) is 35.3 Å². The predicted octanol–water partition coefficient (Wildman–Crippen LogP) is 4.14. The lowest BCUT2D eigenvalue weighted by Gasteiger charge is -2.22. The van der Waals surface area contributed by atoms with Crippen LogP contribution in [0.5, 0.6) is 0 Å². The maximum atomic E-state index is 12.9. The molecule has 4 nitrogen and oxygen atoms in total. The summed E-state index contributed by atoms with van der Waals surface area (Å²) in [6.45, 7) is 1.91. The summed E-state index contributed by atoms with van der Waals surface area (Å²) in [6, 6.07) is 24.7. The first-order chi connectivity index (χ1) is 13.0. The van der Waals surface area contributed by atoms with Crippen molar-refractivity contribution in [1.82, 2.24) is 4.72 Å². The molecule has 0 aliphatic rings. The largest absolute Gasteiger partial charge is 0.388 e. The molecule has 0 saturated heterocycles. The Morgan fingerprint density at radius 2 is 1.33 bits per heavy atom. The van der Waals surface area contributed by atoms with Crippen molar-refractivity contribution in [3.63, 3.8) is 0 Å². The van der Waals surface area contributed by atoms with Gasteiger partial charge in [0.1, 0.15) is 0 Å². The number of hydrogen-bond donors (Lipinski definition) is 2. The fourth-order valence-corrected chi connectivity index (χ4v) is 4.18. The van der Waals surface area contributed by atoms with Gasteiger partial charge < -0.3 is 5.11 Å². The maximum Gasteiger partial charge on any atom is 0.241 e. The molecule has 3 aromatic carbocycles. The monoisotopic (exact) mass is 381 g/mol. The number of nitrogens with one attached hydrogen (secondary N) is 1. The standard InChI is InChI=1S/C22H23NO3S/c1-17-12-14-20(15-13-17)27(25,26)23-21(18-8-4-2-5-9-18)16-22(24)19-10-6-3-7-11-19/h2-15,21-24H,16H2,1H3/t21-,22+/m0/s1. The number of sulfonamides is 1. The summed E-state index contributed by atoms with van der Waals surface area (Å²) in [6.07, 6.45) is -0.545. The molecule has 2 atom stereocenters. The first-order valence-electron chi connectivity index (χ1n) is 8.83. The van der Waals surface area contributed by atoms with Crippen LogP contribution in [-0.4, -0.2) is 13.5 Å². The van der Waals surface area contributed by atoms with E-state index in [0.29, 0.717) is 0 Å². The number of aryl methyl sites for hydroxylation is 1. The fourth-order valence-electron chi connectivity index (χ4n) is 2.94. The number of benzene rings is 3. The molecule has 0 spiro atoms. The summed E-state index contributed by atoms with van der Waals surface area (Å²) < 4.78 is 28.5. The molecule has 0 unspecified atom stereocenters. The van der Waals surface area contributed by atoms with Crippen LogP contribution in [0.15, 0.2) is 89.8 Å². The summed E-state index contributed by atoms with van der Waals surface area (Å²) in [5, 5.41) is 10.6. The quantitative estimate of drug-likeness (QED) is 0.646. The van der Waals surface area contributed by atoms with Gasteiger partial charge in [-0.25, -0.2) is 13.1 Å². The van der Waals surface area contributed by atoms with E-state index in [4.69, 9.17) is 0 Å². The van der Waals surface area contributed by atoms with Crippen molar-refractivity contribution in [1.29, 1.82) is 0 Å². The van der Waals surface area contributed by atoms with Crippen LogP contribution < -0.4 is 4.72 Å². The van der Waals surface area contributed by atoms with Gasteiger partial charge in [-0.3, -0.25) is 0 Å². The van der Waals surface area contributed by atoms with Gasteiger partial charge >= 0.3 is 0 Å². The van der Waals surface area contributed by atoms with Crippen LogP contribution >= 0.6 is 0 Å². The Morgan fingerprint density at radius 1 is 0.815 bits per heavy atom. The van der Waals surface area contributed by atoms with Gasteiger partial charge in [0.15, 0.2) is 0 Å². The van der Waals surface area contributed by atoms with Crippen LogP contribution in [0.25, 0.3) is 0 Å². The second-order valence-electron chi connectivity index (χ2n) is 6.56. The first kappa shape index (κ1) is 19.3. The summed E-state index contributed by atoms with van der Waals surface area (Å²) in [4.78, 5) is 0.211. The van der Waals surface area contributed by atoms with Crippen molar-refractivity contribution in [3.8, 4) is 0 Å². The zero-order valence-corrected chi connectivity index (χ0v) is 15.9. The molecule has 0 radical (unpaired) electrons. The molecule has 3 rings (SSSR count). The molecule has 0 heterocycles. The maximum absolute atomic E-state index is 12.9. The summed E-state index contributed by atoms with van der Waals surface area (Å²) >= 11 is 0. The van der Waals surface area contributed by atoms with E-state index < -0.39 is 22.2 Å². The highest BCUT2D eigenvalue weighted by Gasteiger charge is 2.24. The van der Waals surface area contributed by atoms with Crippen molar-refractivity contribution < 1.29 is 13.5 Å². The normalized spacial score (nSPS) is 13.9. The Bertz CT molecular complexity index is 955. The van der Waals surface area contributed by atoms with E-state index in [1.165, 1.54) is 0 Å². The van der Waals surface area contributed by atoms with Gasteiger partial charge in [0.05, 0.1) is 11.0 Å². The average Bonchev–Trinajstić information content (AvgIpc) is 2.69. The zero-order chi connectivity index (χ0) is 19.3. The number of hydrogen-bond acceptors (Lipinski definition) is 3. The number of aliphatic hydroxyl groups is 1. The van der Waals surface area contributed by atoms with Crippen LogP contribution in [-0.2, 0) is 10.0 Å². The second kappa shape index (κ2) is 8.48. The molecule has 3 aromatic rings. The average molecular weight is 381 g/mol. The third-order valence-corrected chi connectivity index (χ3v) is 5.96. The molecule has 140 valence electrons. The van der Waals surface area contributed by atoms with E-state index in [1.54, 1.807) is 24.3 Å². The lowest BCUT2D eigenvalue weighted by molar-refractivity contribution is 0.155. The third-order valence-electron chi connectivity index (χ3n) is 4.47. The minimum absolute atomic E-state index is 0.211. The van der Waals surface area contributed by atoms with E-state index in [1.807, 2.05) is 67.6 Å². The van der Waals surface area contributed by atoms with E-state index in [2.05, 4.69) is 4.72 Å². The lowest BCUT2D eigenvalue weighted by Crippen LogP contribution is -2.30. The molecule has 0 bridgehead atoms. The molecule has 0 aromatic heterocycles. The van der Waals surface area contributed by atoms with Gasteiger partial charge in [0.25, 0.3) is 0 Å². The highest BCUT2D eigenvalue weighted by molar-refractivity contribution is 7.89. The van der Waals surface area contributed by atoms with Gasteiger partial charge in [-0.15, -0.1) is 0 Å². The Hall–Kier alpha value is -2.47. The van der Waals surface area contributed by atoms with E-state index in [0.717, 1.165) is 16.7 Å². The Balaban J connectivity index is 1.87. The summed E-state index contributed by atoms with van der Waals surface area (Å²) in [5.74, 6) is 0. The Kier molecular flexibility index (Phi) is 6.06. The van der Waals surface area contributed by atoms with Crippen molar-refractivity contribution in [2.45, 2.75) is 30.4 Å². The lowest BCUT2D eigenvalue weighted by atomic mass is 9.97. The molecule has 2 N–H and O–H groups in total. The topological polar surface area (TPSA) is 66.4 Å². The van der Waals surface area contributed by atoms with Crippen LogP contribution in [0.2, 0.25) is 0 Å². The Morgan fingerprint density at radius 3 is 1.89 bits per heavy atom. The van der Waals surface area contributed by atoms with Gasteiger partial charge in [-0.05, 0) is 36.6 Å². The van der Waals surface area contributed by atoms with Gasteiger partial charge in [0.2, 0.25) is 10.0 Å². The minimum atomic E-state index is -3.71. The predicted molar refractivity (Wildman–Crippen MR) is 107 cm³/mol. The molecule has 0 saturated carbocycles. The number of rotatable bonds is 7. The first-order valence-corrected chi connectivity index (χ1v) is 10.3. The van der Waals surface area contributed by atoms with Crippen molar-refractivity contribution in [3.05, 3.63) is 102 Å². The highest BCUT2D eigenvalue weighted by atomic mass is 32.2. The van der Waals surface area contributed by atoms with Crippen molar-refractivity contribution in [2.24, 2.45) is 0 Å². The second-order valence-corrected chi connectivity index (χ2v) is 8.27. The van der Waals surface area contributed by atoms with Crippen LogP contribution in [0, 0.1) is 6.92 Å². The molecule has 27 heavy (non-hydrogen) atoms. The van der Waals surface area contributed by atoms with Crippen LogP contribution in [0.3, 0.4) is 0 Å². The highest BCUT2D eigenvalue weighted by Crippen LogP contribution is 2.28. The van der Waals surface area contributed by atoms with Crippen molar-refractivity contribution >= 4 is 10.0 Å². The van der Waals surface area contributed by atoms with Crippen molar-refractivity contribution in [2.75, 3.05) is 0 Å². The molecule has 0 amide bonds. The van der Waals surface area contributed by atoms with E-state index in [9.17, 15) is 13.5 Å². The molecule has 0 aliphatic heterocycles. The molecular weight excluding hydrogens is 358 g/mol. The van der Waals surface area contributed by atoms with Gasteiger partial charge in [0, 0.05) is 6.04 Å². The molecule has 0 aliphatic carbocycles. The fraction of sp³-hybridized carbons (Fsp3) is 0.182. The smallest absolute Gasteiger partial charge is 0.241 e. The molecule has 0 fully saturated rings. The van der Waals surface area contributed by atoms with Gasteiger partial charge in [-0.1, -0.05) is 78.4 Å². The Labute approximate surface area is 160 Å². The number of aliphatic hydroxyl groups excluding tert-OH is 1. The van der Waals surface area contributed by atoms with E-state index >= 15 is 0 Å². The third kappa shape index (κ3) is 5.04. The van der Waals surface area contributed by atoms with Gasteiger partial charge in [-0.2, -0.15) is 0 Å². The van der Waals surface area contributed by atoms with Crippen LogP contribution in [0.4, 0.5) is 0 Å². The molecular formula is C22H23NO3S. The molecule has 5 heteroatoms. The van der Waals surface area contributed by atoms with E-state index in [-0.39, 0.29) is 11.3 Å².